The molecule has 1 aliphatic rings. The van der Waals surface area contributed by atoms with Crippen LogP contribution in [0, 0.1) is 6.92 Å². The van der Waals surface area contributed by atoms with E-state index in [4.69, 9.17) is 15.1 Å². The molecule has 37 heavy (non-hydrogen) atoms. The summed E-state index contributed by atoms with van der Waals surface area (Å²) >= 11 is 0. The summed E-state index contributed by atoms with van der Waals surface area (Å²) in [5.74, 6) is -0.369. The van der Waals surface area contributed by atoms with Gasteiger partial charge in [-0.05, 0) is 42.3 Å². The fraction of sp³-hybridized carbons (Fsp3) is 0.292. The summed E-state index contributed by atoms with van der Waals surface area (Å²) in [7, 11) is 0. The van der Waals surface area contributed by atoms with Gasteiger partial charge in [-0.1, -0.05) is 18.2 Å². The molecule has 196 valence electrons. The van der Waals surface area contributed by atoms with Gasteiger partial charge in [0.05, 0.1) is 11.0 Å². The van der Waals surface area contributed by atoms with Crippen LogP contribution in [0.15, 0.2) is 54.8 Å². The van der Waals surface area contributed by atoms with E-state index in [9.17, 15) is 26.7 Å². The molecule has 1 aromatic heterocycles. The fourth-order valence-corrected chi connectivity index (χ4v) is 2.82. The Labute approximate surface area is 224 Å². The molecule has 2 amide bonds. The minimum atomic E-state index is -6.04. The first-order chi connectivity index (χ1) is 21.9. The zero-order valence-electron chi connectivity index (χ0n) is 29.5. The van der Waals surface area contributed by atoms with E-state index >= 15 is 0 Å². The first-order valence-corrected chi connectivity index (χ1v) is 10.1. The quantitative estimate of drug-likeness (QED) is 0.379. The van der Waals surface area contributed by atoms with E-state index in [0.717, 1.165) is 6.92 Å². The first-order valence-electron chi connectivity index (χ1n) is 15.6. The van der Waals surface area contributed by atoms with Crippen molar-refractivity contribution in [1.82, 2.24) is 20.2 Å². The Balaban J connectivity index is 1.70. The second-order valence-corrected chi connectivity index (χ2v) is 7.13. The zero-order valence-corrected chi connectivity index (χ0v) is 18.5. The van der Waals surface area contributed by atoms with Gasteiger partial charge in [0.15, 0.2) is 0 Å². The maximum Gasteiger partial charge on any atom is 0.405 e. The van der Waals surface area contributed by atoms with Crippen LogP contribution in [0.1, 0.15) is 19.3 Å². The molecule has 1 unspecified atom stereocenters. The molecule has 0 saturated carbocycles. The van der Waals surface area contributed by atoms with E-state index in [1.165, 1.54) is 36.7 Å². The Kier molecular flexibility index (Phi) is 4.53. The number of nitrogens with one attached hydrogen (secondary N) is 3. The van der Waals surface area contributed by atoms with Crippen LogP contribution in [0.5, 0.6) is 5.75 Å². The van der Waals surface area contributed by atoms with Crippen molar-refractivity contribution < 1.29 is 46.6 Å². The van der Waals surface area contributed by atoms with Gasteiger partial charge in [0.25, 0.3) is 0 Å². The maximum atomic E-state index is 14.0. The highest BCUT2D eigenvalue weighted by molar-refractivity contribution is 5.91. The van der Waals surface area contributed by atoms with Crippen molar-refractivity contribution in [3.63, 3.8) is 0 Å². The van der Waals surface area contributed by atoms with Crippen molar-refractivity contribution >= 4 is 23.4 Å². The third-order valence-corrected chi connectivity index (χ3v) is 4.55. The van der Waals surface area contributed by atoms with Gasteiger partial charge in [-0.15, -0.1) is 0 Å². The van der Waals surface area contributed by atoms with E-state index in [-0.39, 0.29) is 17.3 Å². The maximum absolute atomic E-state index is 14.0. The topological polar surface area (TPSA) is 91.4 Å². The highest BCUT2D eigenvalue weighted by atomic mass is 19.4. The molecule has 0 aliphatic carbocycles. The highest BCUT2D eigenvalue weighted by Gasteiger charge is 2.42. The number of halogens is 5. The minimum absolute atomic E-state index is 0.101. The smallest absolute Gasteiger partial charge is 0.405 e. The lowest BCUT2D eigenvalue weighted by atomic mass is 10.1. The molecule has 3 aromatic rings. The normalized spacial score (nSPS) is 26.9. The number of anilines is 3. The van der Waals surface area contributed by atoms with Gasteiger partial charge in [0, 0.05) is 51.6 Å². The minimum Gasteiger partial charge on any atom is -0.435 e. The molecule has 0 bridgehead atoms. The van der Waals surface area contributed by atoms with E-state index < -0.39 is 84.0 Å². The molecule has 1 fully saturated rings. The van der Waals surface area contributed by atoms with Crippen molar-refractivity contribution in [2.45, 2.75) is 25.7 Å². The van der Waals surface area contributed by atoms with Crippen LogP contribution in [0.2, 0.25) is 1.41 Å². The Morgan fingerprint density at radius 3 is 2.62 bits per heavy atom. The molecule has 1 atom stereocenters. The predicted molar refractivity (Wildman–Crippen MR) is 127 cm³/mol. The van der Waals surface area contributed by atoms with Crippen LogP contribution in [0.25, 0.3) is 11.1 Å². The lowest BCUT2D eigenvalue weighted by molar-refractivity contribution is -0.162. The number of alkyl halides is 5. The monoisotopic (exact) mass is 533 g/mol. The molecule has 0 spiro atoms. The summed E-state index contributed by atoms with van der Waals surface area (Å²) in [4.78, 5) is 20.6. The van der Waals surface area contributed by atoms with Gasteiger partial charge in [-0.3, -0.25) is 0 Å². The highest BCUT2D eigenvalue weighted by Crippen LogP contribution is 2.26. The second-order valence-electron chi connectivity index (χ2n) is 7.13. The van der Waals surface area contributed by atoms with Crippen molar-refractivity contribution in [1.29, 1.82) is 0 Å². The number of amides is 2. The molecule has 13 heteroatoms. The van der Waals surface area contributed by atoms with Crippen molar-refractivity contribution in [2.75, 3.05) is 30.1 Å². The first kappa shape index (κ1) is 15.3. The van der Waals surface area contributed by atoms with Crippen LogP contribution in [-0.2, 0) is 0 Å². The van der Waals surface area contributed by atoms with Crippen molar-refractivity contribution in [3.05, 3.63) is 60.3 Å². The van der Waals surface area contributed by atoms with Crippen molar-refractivity contribution in [2.24, 2.45) is 0 Å². The number of hydrogen-bond donors (Lipinski definition) is 3. The molecule has 3 N–H and O–H groups in total. The zero-order chi connectivity index (χ0) is 36.4. The number of hydrogen-bond acceptors (Lipinski definition) is 6. The van der Waals surface area contributed by atoms with Crippen LogP contribution >= 0.6 is 0 Å². The number of carbonyl (C=O) groups excluding carboxylic acids is 1. The summed E-state index contributed by atoms with van der Waals surface area (Å²) in [5, 5.41) is 3.07. The Hall–Kier alpha value is -4.00. The Morgan fingerprint density at radius 1 is 1.27 bits per heavy atom. The number of carbonyl (C=O) groups is 1. The Morgan fingerprint density at radius 2 is 1.97 bits per heavy atom. The van der Waals surface area contributed by atoms with Gasteiger partial charge >= 0.3 is 18.8 Å². The summed E-state index contributed by atoms with van der Waals surface area (Å²) in [6.45, 7) is -14.5. The molecule has 2 aromatic carbocycles. The van der Waals surface area contributed by atoms with Crippen LogP contribution in [-0.4, -0.2) is 59.2 Å². The second kappa shape index (κ2) is 10.9. The van der Waals surface area contributed by atoms with Gasteiger partial charge in [-0.2, -0.15) is 22.0 Å². The third-order valence-electron chi connectivity index (χ3n) is 4.55. The molecule has 4 rings (SSSR count). The van der Waals surface area contributed by atoms with E-state index in [1.54, 1.807) is 0 Å². The number of aromatic nitrogens is 2. The van der Waals surface area contributed by atoms with E-state index in [0.29, 0.717) is 11.1 Å². The molecule has 8 nitrogen and oxygen atoms in total. The lowest BCUT2D eigenvalue weighted by Gasteiger charge is -2.34. The Bertz CT molecular complexity index is 1720. The molecule has 2 heterocycles. The SMILES string of the molecule is [2H]c1c([2H])c(Nc2ncc(-c3ccc(OC(F)F)cc3)cn2)c([2H])c(NC(=O)N2C([2H])([2H])C([2H])([2H])N([2H])C([2H])(C(F)(F)F)C2([2H])[2H])c1C. The summed E-state index contributed by atoms with van der Waals surface area (Å²) in [5.41, 5.74) is -0.744. The standard InChI is InChI=1S/C24H23F5N6O2/c1-14-2-5-17(10-19(14)34-23(36)35-9-8-30-20(13-35)24(27,28)29)33-22-31-11-16(12-32-22)15-3-6-18(7-4-15)37-21(25)26/h2-7,10-12,20-21,30H,8-9,13H2,1H3,(H,34,36)(H,31,32,33)/i2D,5D,8D2,9D2,10D,13D2,20D/hD. The lowest BCUT2D eigenvalue weighted by Crippen LogP contribution is -2.58. The average Bonchev–Trinajstić information content (AvgIpc) is 2.98. The number of piperazine rings is 1. The summed E-state index contributed by atoms with van der Waals surface area (Å²) in [6.07, 6.45) is -3.51. The molecule has 1 aliphatic heterocycles. The molecule has 1 saturated heterocycles. The molecule has 0 radical (unpaired) electrons. The third kappa shape index (κ3) is 6.82. The number of rotatable bonds is 6. The predicted octanol–water partition coefficient (Wildman–Crippen LogP) is 5.17. The van der Waals surface area contributed by atoms with E-state index in [1.807, 2.05) is 5.32 Å². The molecular weight excluding hydrogens is 499 g/mol. The fourth-order valence-electron chi connectivity index (χ4n) is 2.82. The van der Waals surface area contributed by atoms with Crippen LogP contribution in [0.4, 0.5) is 44.1 Å². The summed E-state index contributed by atoms with van der Waals surface area (Å²) < 4.78 is 160. The number of ether oxygens (including phenoxy) is 1. The van der Waals surface area contributed by atoms with Gasteiger partial charge in [-0.25, -0.2) is 14.8 Å². The average molecular weight is 534 g/mol. The van der Waals surface area contributed by atoms with Gasteiger partial charge < -0.3 is 25.6 Å². The van der Waals surface area contributed by atoms with Gasteiger partial charge in [0.1, 0.15) is 13.2 Å². The van der Waals surface area contributed by atoms with Gasteiger partial charge in [0.2, 0.25) is 5.95 Å². The summed E-state index contributed by atoms with van der Waals surface area (Å²) in [6, 6.07) is -3.66. The van der Waals surface area contributed by atoms with E-state index in [2.05, 4.69) is 20.0 Å². The number of benzene rings is 2. The van der Waals surface area contributed by atoms with Crippen LogP contribution in [0.3, 0.4) is 0 Å². The molecular formula is C24H23F5N6O2. The van der Waals surface area contributed by atoms with Crippen molar-refractivity contribution in [3.8, 4) is 16.9 Å². The largest absolute Gasteiger partial charge is 0.435 e. The number of urea groups is 1. The van der Waals surface area contributed by atoms with Crippen LogP contribution < -0.4 is 20.7 Å². The number of nitrogens with zero attached hydrogens (tertiary/aromatic N) is 3.